The molecule has 24 heavy (non-hydrogen) atoms. The van der Waals surface area contributed by atoms with Crippen molar-refractivity contribution in [2.24, 2.45) is 0 Å². The van der Waals surface area contributed by atoms with Gasteiger partial charge in [-0.2, -0.15) is 0 Å². The van der Waals surface area contributed by atoms with E-state index in [-0.39, 0.29) is 33.9 Å². The van der Waals surface area contributed by atoms with Gasteiger partial charge in [0.2, 0.25) is 11.6 Å². The molecule has 0 saturated heterocycles. The Bertz CT molecular complexity index is 852. The van der Waals surface area contributed by atoms with E-state index in [9.17, 15) is 19.5 Å². The van der Waals surface area contributed by atoms with Crippen LogP contribution in [0.3, 0.4) is 0 Å². The summed E-state index contributed by atoms with van der Waals surface area (Å²) in [5, 5.41) is 18.0. The van der Waals surface area contributed by atoms with Gasteiger partial charge in [-0.05, 0) is 19.1 Å². The Balaban J connectivity index is 2.03. The van der Waals surface area contributed by atoms with E-state index in [0.717, 1.165) is 0 Å². The molecule has 2 N–H and O–H groups in total. The number of rotatable bonds is 4. The average Bonchev–Trinajstić information content (AvgIpc) is 2.95. The number of esters is 1. The Labute approximate surface area is 135 Å². The molecule has 1 aliphatic rings. The third kappa shape index (κ3) is 2.41. The first-order chi connectivity index (χ1) is 11.5. The molecule has 0 aromatic carbocycles. The summed E-state index contributed by atoms with van der Waals surface area (Å²) in [6, 6.07) is 2.98. The molecule has 0 saturated carbocycles. The number of aryl methyl sites for hydroxylation is 1. The number of hydrogen-bond donors (Lipinski definition) is 2. The van der Waals surface area contributed by atoms with Gasteiger partial charge in [0.25, 0.3) is 0 Å². The van der Waals surface area contributed by atoms with E-state index in [1.54, 1.807) is 0 Å². The highest BCUT2D eigenvalue weighted by Crippen LogP contribution is 2.32. The molecule has 2 heterocycles. The summed E-state index contributed by atoms with van der Waals surface area (Å²) in [4.78, 5) is 41.2. The van der Waals surface area contributed by atoms with Gasteiger partial charge < -0.3 is 19.4 Å². The zero-order valence-corrected chi connectivity index (χ0v) is 12.6. The highest BCUT2D eigenvalue weighted by Gasteiger charge is 2.39. The summed E-state index contributed by atoms with van der Waals surface area (Å²) in [5.74, 6) is -2.24. The van der Waals surface area contributed by atoms with E-state index in [0.29, 0.717) is 0 Å². The molecule has 0 aliphatic heterocycles. The van der Waals surface area contributed by atoms with E-state index in [4.69, 9.17) is 14.3 Å². The van der Waals surface area contributed by atoms with E-state index < -0.39 is 36.9 Å². The first kappa shape index (κ1) is 16.0. The van der Waals surface area contributed by atoms with Crippen LogP contribution in [0.25, 0.3) is 0 Å². The van der Waals surface area contributed by atoms with Crippen LogP contribution < -0.4 is 0 Å². The normalized spacial score (nSPS) is 14.1. The maximum Gasteiger partial charge on any atom is 0.342 e. The van der Waals surface area contributed by atoms with Crippen LogP contribution in [0, 0.1) is 6.92 Å². The maximum absolute atomic E-state index is 12.6. The number of fused-ring (bicyclic) bond motifs is 2. The number of ether oxygens (including phenoxy) is 1. The van der Waals surface area contributed by atoms with Gasteiger partial charge in [-0.1, -0.05) is 0 Å². The van der Waals surface area contributed by atoms with Gasteiger partial charge in [0, 0.05) is 6.20 Å². The van der Waals surface area contributed by atoms with E-state index >= 15 is 0 Å². The number of aliphatic hydroxyl groups excluding tert-OH is 2. The van der Waals surface area contributed by atoms with Gasteiger partial charge in [-0.3, -0.25) is 14.6 Å². The molecule has 0 spiro atoms. The van der Waals surface area contributed by atoms with Gasteiger partial charge >= 0.3 is 5.97 Å². The Morgan fingerprint density at radius 3 is 2.83 bits per heavy atom. The fraction of sp³-hybridized carbons (Fsp3) is 0.250. The van der Waals surface area contributed by atoms with Gasteiger partial charge in [-0.25, -0.2) is 4.79 Å². The van der Waals surface area contributed by atoms with Crippen LogP contribution in [0.2, 0.25) is 0 Å². The molecule has 1 aliphatic carbocycles. The lowest BCUT2D eigenvalue weighted by molar-refractivity contribution is 0.00912. The Kier molecular flexibility index (Phi) is 4.00. The van der Waals surface area contributed by atoms with Crippen molar-refractivity contribution < 1.29 is 33.8 Å². The summed E-state index contributed by atoms with van der Waals surface area (Å²) in [7, 11) is 0. The van der Waals surface area contributed by atoms with Gasteiger partial charge in [0.1, 0.15) is 29.7 Å². The van der Waals surface area contributed by atoms with Crippen molar-refractivity contribution in [3.63, 3.8) is 0 Å². The SMILES string of the molecule is Cc1oc2c(c1C(=O)OC[C@H](O)CO)C(=O)c1ncccc1C2=O. The van der Waals surface area contributed by atoms with Crippen LogP contribution in [-0.4, -0.2) is 52.1 Å². The van der Waals surface area contributed by atoms with Crippen molar-refractivity contribution in [3.05, 3.63) is 52.2 Å². The molecule has 2 aromatic heterocycles. The smallest absolute Gasteiger partial charge is 0.342 e. The van der Waals surface area contributed by atoms with E-state index in [1.807, 2.05) is 0 Å². The molecule has 0 bridgehead atoms. The number of aromatic nitrogens is 1. The number of hydrogen-bond acceptors (Lipinski definition) is 8. The maximum atomic E-state index is 12.6. The molecule has 124 valence electrons. The Morgan fingerprint density at radius 2 is 2.12 bits per heavy atom. The van der Waals surface area contributed by atoms with Gasteiger partial charge in [0.15, 0.2) is 5.76 Å². The lowest BCUT2D eigenvalue weighted by Gasteiger charge is -2.13. The Hall–Kier alpha value is -2.84. The number of carbonyl (C=O) groups is 3. The van der Waals surface area contributed by atoms with Gasteiger partial charge in [-0.15, -0.1) is 0 Å². The number of nitrogens with zero attached hydrogens (tertiary/aromatic N) is 1. The number of ketones is 2. The minimum Gasteiger partial charge on any atom is -0.459 e. The fourth-order valence-electron chi connectivity index (χ4n) is 2.47. The van der Waals surface area contributed by atoms with Crippen molar-refractivity contribution in [2.45, 2.75) is 13.0 Å². The topological polar surface area (TPSA) is 127 Å². The summed E-state index contributed by atoms with van der Waals surface area (Å²) < 4.78 is 10.2. The number of carbonyl (C=O) groups excluding carboxylic acids is 3. The molecule has 0 fully saturated rings. The lowest BCUT2D eigenvalue weighted by Crippen LogP contribution is -2.25. The van der Waals surface area contributed by atoms with Crippen LogP contribution in [-0.2, 0) is 4.74 Å². The van der Waals surface area contributed by atoms with Crippen molar-refractivity contribution in [2.75, 3.05) is 13.2 Å². The first-order valence-electron chi connectivity index (χ1n) is 7.09. The molecule has 8 nitrogen and oxygen atoms in total. The molecular formula is C16H13NO7. The molecule has 1 atom stereocenters. The van der Waals surface area contributed by atoms with E-state index in [2.05, 4.69) is 4.98 Å². The van der Waals surface area contributed by atoms with E-state index in [1.165, 1.54) is 25.3 Å². The summed E-state index contributed by atoms with van der Waals surface area (Å²) in [6.07, 6.45) is 0.133. The molecular weight excluding hydrogens is 318 g/mol. The minimum atomic E-state index is -1.24. The Morgan fingerprint density at radius 1 is 1.38 bits per heavy atom. The number of furan rings is 1. The van der Waals surface area contributed by atoms with Gasteiger partial charge in [0.05, 0.1) is 17.7 Å². The summed E-state index contributed by atoms with van der Waals surface area (Å²) >= 11 is 0. The second kappa shape index (κ2) is 5.99. The molecule has 2 aromatic rings. The van der Waals surface area contributed by atoms with Crippen molar-refractivity contribution >= 4 is 17.5 Å². The van der Waals surface area contributed by atoms with Crippen LogP contribution >= 0.6 is 0 Å². The zero-order chi connectivity index (χ0) is 17.4. The quantitative estimate of drug-likeness (QED) is 0.652. The molecule has 0 unspecified atom stereocenters. The summed E-state index contributed by atoms with van der Waals surface area (Å²) in [6.45, 7) is 0.395. The molecule has 8 heteroatoms. The molecule has 0 amide bonds. The second-order valence-corrected chi connectivity index (χ2v) is 5.23. The average molecular weight is 331 g/mol. The predicted octanol–water partition coefficient (Wildman–Crippen LogP) is 0.268. The molecule has 0 radical (unpaired) electrons. The van der Waals surface area contributed by atoms with Crippen molar-refractivity contribution in [1.82, 2.24) is 4.98 Å². The van der Waals surface area contributed by atoms with Crippen LogP contribution in [0.4, 0.5) is 0 Å². The van der Waals surface area contributed by atoms with Crippen molar-refractivity contribution in [3.8, 4) is 0 Å². The highest BCUT2D eigenvalue weighted by molar-refractivity contribution is 6.29. The first-order valence-corrected chi connectivity index (χ1v) is 7.09. The zero-order valence-electron chi connectivity index (χ0n) is 12.6. The van der Waals surface area contributed by atoms with Crippen LogP contribution in [0.15, 0.2) is 22.7 Å². The standard InChI is InChI=1S/C16H13NO7/c1-7-10(16(22)23-6-8(19)5-18)11-14(21)12-9(3-2-4-17-12)13(20)15(11)24-7/h2-4,8,18-19H,5-6H2,1H3/t8-/m1/s1. The lowest BCUT2D eigenvalue weighted by atomic mass is 9.90. The number of pyridine rings is 1. The highest BCUT2D eigenvalue weighted by atomic mass is 16.5. The largest absolute Gasteiger partial charge is 0.459 e. The summed E-state index contributed by atoms with van der Waals surface area (Å²) in [5.41, 5.74) is -0.309. The van der Waals surface area contributed by atoms with Crippen LogP contribution in [0.5, 0.6) is 0 Å². The monoisotopic (exact) mass is 331 g/mol. The minimum absolute atomic E-state index is 0.0537. The molecule has 3 rings (SSSR count). The van der Waals surface area contributed by atoms with Crippen LogP contribution in [0.1, 0.15) is 48.3 Å². The predicted molar refractivity (Wildman–Crippen MR) is 77.9 cm³/mol. The third-order valence-electron chi connectivity index (χ3n) is 3.61. The third-order valence-corrected chi connectivity index (χ3v) is 3.61. The second-order valence-electron chi connectivity index (χ2n) is 5.23. The fourth-order valence-corrected chi connectivity index (χ4v) is 2.47. The van der Waals surface area contributed by atoms with Crippen molar-refractivity contribution in [1.29, 1.82) is 0 Å². The number of aliphatic hydroxyl groups is 2.